The van der Waals surface area contributed by atoms with Gasteiger partial charge in [0.15, 0.2) is 0 Å². The van der Waals surface area contributed by atoms with E-state index < -0.39 is 0 Å². The molecule has 4 aromatic rings. The third kappa shape index (κ3) is 3.84. The van der Waals surface area contributed by atoms with Crippen LogP contribution in [0.4, 0.5) is 5.82 Å². The first-order valence-electron chi connectivity index (χ1n) is 10.9. The Morgan fingerprint density at radius 3 is 2.76 bits per heavy atom. The van der Waals surface area contributed by atoms with E-state index in [2.05, 4.69) is 56.8 Å². The van der Waals surface area contributed by atoms with Crippen LogP contribution in [-0.4, -0.2) is 38.0 Å². The molecule has 1 aliphatic rings. The third-order valence-electron chi connectivity index (χ3n) is 6.00. The number of carbonyl (C=O) groups is 1. The molecule has 1 amide bonds. The molecule has 1 aliphatic heterocycles. The molecule has 3 heterocycles. The minimum Gasteiger partial charge on any atom is -0.497 e. The summed E-state index contributed by atoms with van der Waals surface area (Å²) in [5, 5.41) is 16.0. The average Bonchev–Trinajstić information content (AvgIpc) is 3.19. The number of fused-ring (bicyclic) bond motifs is 1. The van der Waals surface area contributed by atoms with Crippen LogP contribution in [0.25, 0.3) is 17.2 Å². The minimum absolute atomic E-state index is 0.0647. The van der Waals surface area contributed by atoms with Crippen molar-refractivity contribution in [3.63, 3.8) is 0 Å². The minimum atomic E-state index is -0.0806. The Morgan fingerprint density at radius 1 is 1.18 bits per heavy atom. The number of amides is 1. The molecule has 0 saturated heterocycles. The van der Waals surface area contributed by atoms with Crippen LogP contribution in [0.15, 0.2) is 54.7 Å². The standard InChI is InChI=1S/C25H24N6O2/c1-4-16-8-10-17(11-9-16)20-13-22(32)28-24-23(20)15(2)30-31(24)25-27-21(14-26-29-25)18-6-5-7-19(12-18)33-3/h5-12,14,20H,4,13H2,1-3H3,(H,28,32)/t20-/m1/s1. The van der Waals surface area contributed by atoms with Crippen LogP contribution in [0.3, 0.4) is 0 Å². The maximum Gasteiger partial charge on any atom is 0.272 e. The fraction of sp³-hybridized carbons (Fsp3) is 0.240. The van der Waals surface area contributed by atoms with E-state index in [9.17, 15) is 4.79 Å². The number of ether oxygens (including phenoxy) is 1. The fourth-order valence-electron chi connectivity index (χ4n) is 4.27. The Morgan fingerprint density at radius 2 is 2.00 bits per heavy atom. The summed E-state index contributed by atoms with van der Waals surface area (Å²) in [6.45, 7) is 4.07. The van der Waals surface area contributed by atoms with E-state index in [-0.39, 0.29) is 11.8 Å². The van der Waals surface area contributed by atoms with Crippen molar-refractivity contribution in [1.82, 2.24) is 25.0 Å². The normalized spacial score (nSPS) is 15.1. The first-order chi connectivity index (χ1) is 16.1. The van der Waals surface area contributed by atoms with E-state index in [4.69, 9.17) is 4.74 Å². The summed E-state index contributed by atoms with van der Waals surface area (Å²) >= 11 is 0. The quantitative estimate of drug-likeness (QED) is 0.503. The number of nitrogens with one attached hydrogen (secondary N) is 1. The molecule has 0 spiro atoms. The first kappa shape index (κ1) is 20.8. The van der Waals surface area contributed by atoms with E-state index in [1.54, 1.807) is 18.0 Å². The lowest BCUT2D eigenvalue weighted by atomic mass is 9.85. The molecule has 1 N–H and O–H groups in total. The van der Waals surface area contributed by atoms with Crippen molar-refractivity contribution in [2.45, 2.75) is 32.6 Å². The Bertz CT molecular complexity index is 1330. The zero-order chi connectivity index (χ0) is 22.9. The highest BCUT2D eigenvalue weighted by atomic mass is 16.5. The maximum absolute atomic E-state index is 12.7. The topological polar surface area (TPSA) is 94.8 Å². The highest BCUT2D eigenvalue weighted by Gasteiger charge is 2.33. The summed E-state index contributed by atoms with van der Waals surface area (Å²) in [7, 11) is 1.62. The average molecular weight is 441 g/mol. The molecule has 1 atom stereocenters. The third-order valence-corrected chi connectivity index (χ3v) is 6.00. The SMILES string of the molecule is CCc1ccc([C@H]2CC(=O)Nc3c2c(C)nn3-c2nncc(-c3cccc(OC)c3)n2)cc1. The molecule has 0 fully saturated rings. The smallest absolute Gasteiger partial charge is 0.272 e. The molecule has 8 nitrogen and oxygen atoms in total. The van der Waals surface area contributed by atoms with Crippen molar-refractivity contribution in [3.8, 4) is 23.0 Å². The molecule has 33 heavy (non-hydrogen) atoms. The summed E-state index contributed by atoms with van der Waals surface area (Å²) < 4.78 is 6.90. The molecule has 2 aromatic heterocycles. The number of anilines is 1. The Kier molecular flexibility index (Phi) is 5.34. The van der Waals surface area contributed by atoms with Gasteiger partial charge in [0.05, 0.1) is 24.7 Å². The van der Waals surface area contributed by atoms with Gasteiger partial charge in [-0.1, -0.05) is 43.3 Å². The molecule has 8 heteroatoms. The fourth-order valence-corrected chi connectivity index (χ4v) is 4.27. The zero-order valence-electron chi connectivity index (χ0n) is 18.7. The van der Waals surface area contributed by atoms with Gasteiger partial charge in [-0.15, -0.1) is 5.10 Å². The first-order valence-corrected chi connectivity index (χ1v) is 10.9. The van der Waals surface area contributed by atoms with Gasteiger partial charge in [-0.3, -0.25) is 4.79 Å². The monoisotopic (exact) mass is 440 g/mol. The summed E-state index contributed by atoms with van der Waals surface area (Å²) in [5.74, 6) is 1.47. The Hall–Kier alpha value is -4.07. The molecule has 0 saturated carbocycles. The highest BCUT2D eigenvalue weighted by molar-refractivity contribution is 5.95. The lowest BCUT2D eigenvalue weighted by Crippen LogP contribution is -2.25. The van der Waals surface area contributed by atoms with Crippen molar-refractivity contribution in [2.24, 2.45) is 0 Å². The van der Waals surface area contributed by atoms with Crippen LogP contribution < -0.4 is 10.1 Å². The molecule has 166 valence electrons. The van der Waals surface area contributed by atoms with Crippen LogP contribution in [0.1, 0.15) is 41.6 Å². The second-order valence-electron chi connectivity index (χ2n) is 8.03. The van der Waals surface area contributed by atoms with Crippen molar-refractivity contribution >= 4 is 11.7 Å². The second kappa shape index (κ2) is 8.46. The number of carbonyl (C=O) groups excluding carboxylic acids is 1. The number of rotatable bonds is 5. The molecule has 0 aliphatic carbocycles. The van der Waals surface area contributed by atoms with Gasteiger partial charge in [-0.2, -0.15) is 14.9 Å². The number of nitrogens with zero attached hydrogens (tertiary/aromatic N) is 5. The predicted octanol–water partition coefficient (Wildman–Crippen LogP) is 4.08. The summed E-state index contributed by atoms with van der Waals surface area (Å²) in [6, 6.07) is 16.0. The number of aromatic nitrogens is 5. The summed E-state index contributed by atoms with van der Waals surface area (Å²) in [6.07, 6.45) is 2.94. The van der Waals surface area contributed by atoms with E-state index in [1.165, 1.54) is 5.56 Å². The summed E-state index contributed by atoms with van der Waals surface area (Å²) in [5.41, 5.74) is 5.64. The van der Waals surface area contributed by atoms with Gasteiger partial charge in [0.2, 0.25) is 5.91 Å². The lowest BCUT2D eigenvalue weighted by molar-refractivity contribution is -0.116. The zero-order valence-corrected chi connectivity index (χ0v) is 18.7. The van der Waals surface area contributed by atoms with Crippen molar-refractivity contribution < 1.29 is 9.53 Å². The van der Waals surface area contributed by atoms with Crippen LogP contribution in [-0.2, 0) is 11.2 Å². The number of benzene rings is 2. The number of methoxy groups -OCH3 is 1. The molecular weight excluding hydrogens is 416 g/mol. The van der Waals surface area contributed by atoms with Crippen LogP contribution in [0.2, 0.25) is 0 Å². The molecule has 5 rings (SSSR count). The van der Waals surface area contributed by atoms with E-state index in [0.29, 0.717) is 23.9 Å². The van der Waals surface area contributed by atoms with Crippen molar-refractivity contribution in [1.29, 1.82) is 0 Å². The second-order valence-corrected chi connectivity index (χ2v) is 8.03. The van der Waals surface area contributed by atoms with Gasteiger partial charge in [0.1, 0.15) is 11.6 Å². The largest absolute Gasteiger partial charge is 0.497 e. The molecular formula is C25H24N6O2. The maximum atomic E-state index is 12.7. The van der Waals surface area contributed by atoms with Gasteiger partial charge in [0.25, 0.3) is 5.95 Å². The summed E-state index contributed by atoms with van der Waals surface area (Å²) in [4.78, 5) is 17.3. The number of hydrogen-bond acceptors (Lipinski definition) is 6. The Labute approximate surface area is 191 Å². The predicted molar refractivity (Wildman–Crippen MR) is 125 cm³/mol. The number of aryl methyl sites for hydroxylation is 2. The van der Waals surface area contributed by atoms with E-state index >= 15 is 0 Å². The molecule has 0 bridgehead atoms. The Balaban J connectivity index is 1.58. The molecule has 2 aromatic carbocycles. The van der Waals surface area contributed by atoms with Crippen LogP contribution >= 0.6 is 0 Å². The van der Waals surface area contributed by atoms with Crippen molar-refractivity contribution in [3.05, 3.63) is 77.1 Å². The van der Waals surface area contributed by atoms with Crippen LogP contribution in [0, 0.1) is 6.92 Å². The van der Waals surface area contributed by atoms with E-state index in [1.807, 2.05) is 31.2 Å². The van der Waals surface area contributed by atoms with Gasteiger partial charge in [-0.25, -0.2) is 4.98 Å². The van der Waals surface area contributed by atoms with E-state index in [0.717, 1.165) is 34.6 Å². The van der Waals surface area contributed by atoms with Crippen LogP contribution in [0.5, 0.6) is 5.75 Å². The number of hydrogen-bond donors (Lipinski definition) is 1. The van der Waals surface area contributed by atoms with Gasteiger partial charge in [-0.05, 0) is 36.6 Å². The highest BCUT2D eigenvalue weighted by Crippen LogP contribution is 2.40. The van der Waals surface area contributed by atoms with Gasteiger partial charge in [0, 0.05) is 23.5 Å². The molecule has 0 unspecified atom stereocenters. The lowest BCUT2D eigenvalue weighted by Gasteiger charge is -2.24. The molecule has 0 radical (unpaired) electrons. The van der Waals surface area contributed by atoms with Crippen molar-refractivity contribution in [2.75, 3.05) is 12.4 Å². The van der Waals surface area contributed by atoms with Gasteiger partial charge >= 0.3 is 0 Å². The van der Waals surface area contributed by atoms with Gasteiger partial charge < -0.3 is 10.1 Å².